The number of furan rings is 1. The summed E-state index contributed by atoms with van der Waals surface area (Å²) in [5.74, 6) is 0.390. The van der Waals surface area contributed by atoms with Gasteiger partial charge in [0.15, 0.2) is 10.9 Å². The number of likely N-dealkylation sites (tertiary alicyclic amines) is 1. The molecule has 31 heavy (non-hydrogen) atoms. The van der Waals surface area contributed by atoms with Crippen LogP contribution in [0, 0.1) is 12.8 Å². The van der Waals surface area contributed by atoms with E-state index in [0.717, 1.165) is 36.8 Å². The van der Waals surface area contributed by atoms with Crippen LogP contribution in [0.5, 0.6) is 0 Å². The van der Waals surface area contributed by atoms with Gasteiger partial charge >= 0.3 is 0 Å². The molecule has 162 valence electrons. The fourth-order valence-electron chi connectivity index (χ4n) is 3.55. The molecule has 0 spiro atoms. The molecule has 1 fully saturated rings. The minimum atomic E-state index is -0.359. The third-order valence-electron chi connectivity index (χ3n) is 5.53. The van der Waals surface area contributed by atoms with Gasteiger partial charge in [-0.1, -0.05) is 13.0 Å². The SMILES string of the molecule is Cc1ccc(C(=O)Nc2nc(CN3CCC(C)CC3)cs2)cc1NC(=O)c1ccco1. The Morgan fingerprint density at radius 3 is 2.74 bits per heavy atom. The van der Waals surface area contributed by atoms with Gasteiger partial charge in [-0.15, -0.1) is 11.3 Å². The number of anilines is 2. The normalized spacial score (nSPS) is 15.0. The van der Waals surface area contributed by atoms with Crippen LogP contribution in [0.2, 0.25) is 0 Å². The van der Waals surface area contributed by atoms with Crippen molar-refractivity contribution in [2.45, 2.75) is 33.2 Å². The first-order valence-corrected chi connectivity index (χ1v) is 11.3. The smallest absolute Gasteiger partial charge is 0.291 e. The molecule has 0 unspecified atom stereocenters. The summed E-state index contributed by atoms with van der Waals surface area (Å²) in [6.45, 7) is 7.17. The second-order valence-electron chi connectivity index (χ2n) is 8.02. The summed E-state index contributed by atoms with van der Waals surface area (Å²) in [7, 11) is 0. The van der Waals surface area contributed by atoms with E-state index >= 15 is 0 Å². The number of amides is 2. The summed E-state index contributed by atoms with van der Waals surface area (Å²) >= 11 is 1.43. The third kappa shape index (κ3) is 5.39. The van der Waals surface area contributed by atoms with E-state index in [2.05, 4.69) is 27.4 Å². The lowest BCUT2D eigenvalue weighted by atomic mass is 9.99. The number of rotatable bonds is 6. The molecule has 0 radical (unpaired) electrons. The molecule has 1 aromatic carbocycles. The van der Waals surface area contributed by atoms with Crippen molar-refractivity contribution in [3.8, 4) is 0 Å². The van der Waals surface area contributed by atoms with E-state index < -0.39 is 0 Å². The summed E-state index contributed by atoms with van der Waals surface area (Å²) in [5, 5.41) is 8.24. The Bertz CT molecular complexity index is 1050. The molecule has 0 atom stereocenters. The number of hydrogen-bond donors (Lipinski definition) is 2. The highest BCUT2D eigenvalue weighted by atomic mass is 32.1. The monoisotopic (exact) mass is 438 g/mol. The standard InChI is InChI=1S/C23H26N4O3S/c1-15-7-9-27(10-8-15)13-18-14-31-23(24-18)26-21(28)17-6-5-16(2)19(12-17)25-22(29)20-4-3-11-30-20/h3-6,11-12,14-15H,7-10,13H2,1-2H3,(H,25,29)(H,24,26,28). The predicted molar refractivity (Wildman–Crippen MR) is 122 cm³/mol. The largest absolute Gasteiger partial charge is 0.459 e. The van der Waals surface area contributed by atoms with Crippen LogP contribution in [0.15, 0.2) is 46.4 Å². The molecule has 2 N–H and O–H groups in total. The van der Waals surface area contributed by atoms with Gasteiger partial charge in [0, 0.05) is 23.2 Å². The van der Waals surface area contributed by atoms with Crippen LogP contribution in [0.4, 0.5) is 10.8 Å². The summed E-state index contributed by atoms with van der Waals surface area (Å²) in [4.78, 5) is 32.0. The topological polar surface area (TPSA) is 87.5 Å². The fourth-order valence-corrected chi connectivity index (χ4v) is 4.24. The molecular weight excluding hydrogens is 412 g/mol. The van der Waals surface area contributed by atoms with Crippen LogP contribution in [0.25, 0.3) is 0 Å². The molecule has 1 saturated heterocycles. The maximum atomic E-state index is 12.7. The van der Waals surface area contributed by atoms with Gasteiger partial charge in [0.1, 0.15) is 0 Å². The Labute approximate surface area is 185 Å². The van der Waals surface area contributed by atoms with Gasteiger partial charge in [-0.2, -0.15) is 0 Å². The minimum absolute atomic E-state index is 0.215. The molecule has 2 aromatic heterocycles. The molecule has 1 aliphatic heterocycles. The highest BCUT2D eigenvalue weighted by Crippen LogP contribution is 2.23. The third-order valence-corrected chi connectivity index (χ3v) is 6.33. The maximum absolute atomic E-state index is 12.7. The van der Waals surface area contributed by atoms with Gasteiger partial charge in [0.05, 0.1) is 12.0 Å². The van der Waals surface area contributed by atoms with Crippen molar-refractivity contribution in [2.24, 2.45) is 5.92 Å². The first-order valence-electron chi connectivity index (χ1n) is 10.4. The molecule has 2 amide bonds. The highest BCUT2D eigenvalue weighted by molar-refractivity contribution is 7.14. The first kappa shape index (κ1) is 21.3. The number of benzene rings is 1. The van der Waals surface area contributed by atoms with Gasteiger partial charge < -0.3 is 9.73 Å². The van der Waals surface area contributed by atoms with Crippen molar-refractivity contribution in [2.75, 3.05) is 23.7 Å². The van der Waals surface area contributed by atoms with E-state index in [1.807, 2.05) is 12.3 Å². The molecule has 0 saturated carbocycles. The minimum Gasteiger partial charge on any atom is -0.459 e. The number of nitrogens with one attached hydrogen (secondary N) is 2. The van der Waals surface area contributed by atoms with E-state index in [1.165, 1.54) is 30.4 Å². The molecule has 3 heterocycles. The van der Waals surface area contributed by atoms with E-state index in [1.54, 1.807) is 30.3 Å². The summed E-state index contributed by atoms with van der Waals surface area (Å²) < 4.78 is 5.12. The van der Waals surface area contributed by atoms with Crippen molar-refractivity contribution >= 4 is 34.0 Å². The molecule has 4 rings (SSSR count). The van der Waals surface area contributed by atoms with Gasteiger partial charge in [-0.3, -0.25) is 19.8 Å². The van der Waals surface area contributed by atoms with Gasteiger partial charge in [-0.05, 0) is 68.6 Å². The molecule has 0 bridgehead atoms. The molecule has 1 aliphatic rings. The van der Waals surface area contributed by atoms with Crippen molar-refractivity contribution in [1.82, 2.24) is 9.88 Å². The second-order valence-corrected chi connectivity index (χ2v) is 8.88. The van der Waals surface area contributed by atoms with Crippen LogP contribution < -0.4 is 10.6 Å². The van der Waals surface area contributed by atoms with Crippen LogP contribution >= 0.6 is 11.3 Å². The van der Waals surface area contributed by atoms with E-state index in [0.29, 0.717) is 16.4 Å². The van der Waals surface area contributed by atoms with Crippen LogP contribution in [-0.2, 0) is 6.54 Å². The Kier molecular flexibility index (Phi) is 6.48. The number of nitrogens with zero attached hydrogens (tertiary/aromatic N) is 2. The molecule has 3 aromatic rings. The summed E-state index contributed by atoms with van der Waals surface area (Å²) in [6, 6.07) is 8.44. The van der Waals surface area contributed by atoms with Crippen LogP contribution in [0.1, 0.15) is 51.9 Å². The summed E-state index contributed by atoms with van der Waals surface area (Å²) in [5.41, 5.74) is 2.84. The number of aromatic nitrogens is 1. The number of thiazole rings is 1. The average molecular weight is 439 g/mol. The Hall–Kier alpha value is -2.97. The maximum Gasteiger partial charge on any atom is 0.291 e. The molecular formula is C23H26N4O3S. The quantitative estimate of drug-likeness (QED) is 0.578. The van der Waals surface area contributed by atoms with Crippen LogP contribution in [-0.4, -0.2) is 34.8 Å². The number of piperidine rings is 1. The van der Waals surface area contributed by atoms with Crippen molar-refractivity contribution in [1.29, 1.82) is 0 Å². The number of aryl methyl sites for hydroxylation is 1. The van der Waals surface area contributed by atoms with E-state index in [9.17, 15) is 9.59 Å². The van der Waals surface area contributed by atoms with Crippen molar-refractivity contribution < 1.29 is 14.0 Å². The Morgan fingerprint density at radius 2 is 2.00 bits per heavy atom. The predicted octanol–water partition coefficient (Wildman–Crippen LogP) is 4.78. The van der Waals surface area contributed by atoms with Crippen LogP contribution in [0.3, 0.4) is 0 Å². The molecule has 0 aliphatic carbocycles. The Morgan fingerprint density at radius 1 is 1.19 bits per heavy atom. The highest BCUT2D eigenvalue weighted by Gasteiger charge is 2.18. The molecule has 8 heteroatoms. The van der Waals surface area contributed by atoms with Crippen molar-refractivity contribution in [3.05, 3.63) is 64.6 Å². The first-order chi connectivity index (χ1) is 15.0. The van der Waals surface area contributed by atoms with E-state index in [-0.39, 0.29) is 17.6 Å². The number of carbonyl (C=O) groups is 2. The lowest BCUT2D eigenvalue weighted by Crippen LogP contribution is -2.32. The average Bonchev–Trinajstić information content (AvgIpc) is 3.44. The fraction of sp³-hybridized carbons (Fsp3) is 0.348. The zero-order valence-corrected chi connectivity index (χ0v) is 18.5. The van der Waals surface area contributed by atoms with Gasteiger partial charge in [0.25, 0.3) is 11.8 Å². The zero-order valence-electron chi connectivity index (χ0n) is 17.7. The zero-order chi connectivity index (χ0) is 21.8. The van der Waals surface area contributed by atoms with Gasteiger partial charge in [-0.25, -0.2) is 4.98 Å². The second kappa shape index (κ2) is 9.45. The number of carbonyl (C=O) groups excluding carboxylic acids is 2. The Balaban J connectivity index is 1.38. The molecule has 7 nitrogen and oxygen atoms in total. The lowest BCUT2D eigenvalue weighted by molar-refractivity contribution is 0.0993. The van der Waals surface area contributed by atoms with Crippen molar-refractivity contribution in [3.63, 3.8) is 0 Å². The lowest BCUT2D eigenvalue weighted by Gasteiger charge is -2.29. The van der Waals surface area contributed by atoms with Gasteiger partial charge in [0.2, 0.25) is 0 Å². The van der Waals surface area contributed by atoms with E-state index in [4.69, 9.17) is 4.42 Å². The number of hydrogen-bond acceptors (Lipinski definition) is 6. The summed E-state index contributed by atoms with van der Waals surface area (Å²) in [6.07, 6.45) is 3.89.